The summed E-state index contributed by atoms with van der Waals surface area (Å²) in [5.41, 5.74) is 0.355. The van der Waals surface area contributed by atoms with E-state index < -0.39 is 4.92 Å². The van der Waals surface area contributed by atoms with Gasteiger partial charge in [0.15, 0.2) is 0 Å². The first-order valence-electron chi connectivity index (χ1n) is 6.12. The molecule has 21 heavy (non-hydrogen) atoms. The highest BCUT2D eigenvalue weighted by molar-refractivity contribution is 6.36. The zero-order chi connectivity index (χ0) is 15.4. The molecule has 0 aliphatic rings. The van der Waals surface area contributed by atoms with Crippen molar-refractivity contribution in [1.82, 2.24) is 4.98 Å². The molecule has 0 saturated heterocycles. The third-order valence-electron chi connectivity index (χ3n) is 2.61. The van der Waals surface area contributed by atoms with Crippen molar-refractivity contribution in [3.63, 3.8) is 0 Å². The number of pyridine rings is 1. The van der Waals surface area contributed by atoms with Gasteiger partial charge in [-0.05, 0) is 31.2 Å². The van der Waals surface area contributed by atoms with Gasteiger partial charge in [-0.1, -0.05) is 23.2 Å². The Morgan fingerprint density at radius 3 is 2.67 bits per heavy atom. The molecule has 1 aromatic carbocycles. The van der Waals surface area contributed by atoms with Crippen LogP contribution in [0.5, 0.6) is 0 Å². The molecule has 1 heterocycles. The highest BCUT2D eigenvalue weighted by Crippen LogP contribution is 2.32. The van der Waals surface area contributed by atoms with Crippen molar-refractivity contribution in [3.8, 4) is 0 Å². The third-order valence-corrected chi connectivity index (χ3v) is 3.16. The Morgan fingerprint density at radius 2 is 2.05 bits per heavy atom. The Bertz CT molecular complexity index is 679. The quantitative estimate of drug-likeness (QED) is 0.625. The number of nitrogens with zero attached hydrogens (tertiary/aromatic N) is 2. The number of hydrogen-bond donors (Lipinski definition) is 2. The molecule has 0 bridgehead atoms. The average Bonchev–Trinajstić information content (AvgIpc) is 2.42. The van der Waals surface area contributed by atoms with Crippen LogP contribution < -0.4 is 10.6 Å². The molecule has 2 aromatic rings. The number of hydrogen-bond acceptors (Lipinski definition) is 5. The van der Waals surface area contributed by atoms with Gasteiger partial charge < -0.3 is 10.6 Å². The van der Waals surface area contributed by atoms with Gasteiger partial charge in [0.2, 0.25) is 5.82 Å². The van der Waals surface area contributed by atoms with Crippen LogP contribution in [0, 0.1) is 10.1 Å². The van der Waals surface area contributed by atoms with Gasteiger partial charge in [-0.25, -0.2) is 4.98 Å². The molecule has 0 radical (unpaired) electrons. The fraction of sp³-hybridized carbons (Fsp3) is 0.154. The van der Waals surface area contributed by atoms with Crippen LogP contribution in [0.1, 0.15) is 6.92 Å². The molecule has 8 heteroatoms. The van der Waals surface area contributed by atoms with Gasteiger partial charge in [0.1, 0.15) is 5.82 Å². The summed E-state index contributed by atoms with van der Waals surface area (Å²) < 4.78 is 0. The Morgan fingerprint density at radius 1 is 1.29 bits per heavy atom. The molecule has 0 saturated carbocycles. The molecule has 2 N–H and O–H groups in total. The number of nitro groups is 1. The maximum Gasteiger partial charge on any atom is 0.311 e. The minimum absolute atomic E-state index is 0.114. The van der Waals surface area contributed by atoms with Gasteiger partial charge in [0.05, 0.1) is 15.6 Å². The Hall–Kier alpha value is -2.05. The van der Waals surface area contributed by atoms with Crippen LogP contribution in [0.2, 0.25) is 10.0 Å². The normalized spacial score (nSPS) is 10.2. The summed E-state index contributed by atoms with van der Waals surface area (Å²) in [5, 5.41) is 17.8. The molecule has 0 amide bonds. The van der Waals surface area contributed by atoms with Crippen molar-refractivity contribution in [3.05, 3.63) is 50.5 Å². The number of benzene rings is 1. The van der Waals surface area contributed by atoms with Crippen molar-refractivity contribution in [2.24, 2.45) is 0 Å². The molecule has 0 fully saturated rings. The first kappa shape index (κ1) is 15.3. The summed E-state index contributed by atoms with van der Waals surface area (Å²) in [4.78, 5) is 14.8. The summed E-state index contributed by atoms with van der Waals surface area (Å²) >= 11 is 11.9. The smallest absolute Gasteiger partial charge is 0.311 e. The third kappa shape index (κ3) is 3.74. The molecule has 1 aromatic heterocycles. The molecule has 0 atom stereocenters. The van der Waals surface area contributed by atoms with E-state index in [1.807, 2.05) is 6.92 Å². The number of rotatable bonds is 5. The maximum absolute atomic E-state index is 11.1. The fourth-order valence-corrected chi connectivity index (χ4v) is 2.14. The van der Waals surface area contributed by atoms with Crippen molar-refractivity contribution in [1.29, 1.82) is 0 Å². The summed E-state index contributed by atoms with van der Waals surface area (Å²) in [5.74, 6) is 0.651. The number of aromatic nitrogens is 1. The molecule has 110 valence electrons. The second-order valence-electron chi connectivity index (χ2n) is 4.10. The summed E-state index contributed by atoms with van der Waals surface area (Å²) in [6.07, 6.45) is 0. The van der Waals surface area contributed by atoms with E-state index >= 15 is 0 Å². The van der Waals surface area contributed by atoms with Gasteiger partial charge >= 0.3 is 5.69 Å². The molecule has 0 spiro atoms. The van der Waals surface area contributed by atoms with Crippen LogP contribution in [-0.2, 0) is 0 Å². The Labute approximate surface area is 131 Å². The standard InChI is InChI=1S/C13H12Cl2N4O2/c1-2-16-12-6-5-11(19(20)21)13(18-12)17-10-4-3-8(14)7-9(10)15/h3-7H,2H2,1H3,(H2,16,17,18). The lowest BCUT2D eigenvalue weighted by atomic mass is 10.3. The van der Waals surface area contributed by atoms with Crippen LogP contribution >= 0.6 is 23.2 Å². The first-order valence-corrected chi connectivity index (χ1v) is 6.88. The van der Waals surface area contributed by atoms with E-state index in [1.165, 1.54) is 6.07 Å². The molecular formula is C13H12Cl2N4O2. The van der Waals surface area contributed by atoms with Gasteiger partial charge in [-0.2, -0.15) is 0 Å². The van der Waals surface area contributed by atoms with E-state index in [0.29, 0.717) is 28.1 Å². The maximum atomic E-state index is 11.1. The second kappa shape index (κ2) is 6.60. The molecule has 0 aliphatic carbocycles. The molecule has 0 unspecified atom stereocenters. The van der Waals surface area contributed by atoms with Crippen LogP contribution in [0.3, 0.4) is 0 Å². The number of nitrogens with one attached hydrogen (secondary N) is 2. The van der Waals surface area contributed by atoms with Crippen LogP contribution in [0.15, 0.2) is 30.3 Å². The van der Waals surface area contributed by atoms with Crippen molar-refractivity contribution < 1.29 is 4.92 Å². The summed E-state index contributed by atoms with van der Waals surface area (Å²) in [6.45, 7) is 2.57. The van der Waals surface area contributed by atoms with Crippen LogP contribution in [-0.4, -0.2) is 16.5 Å². The van der Waals surface area contributed by atoms with E-state index in [2.05, 4.69) is 15.6 Å². The van der Waals surface area contributed by atoms with E-state index in [0.717, 1.165) is 0 Å². The van der Waals surface area contributed by atoms with Crippen LogP contribution in [0.25, 0.3) is 0 Å². The topological polar surface area (TPSA) is 80.1 Å². The zero-order valence-electron chi connectivity index (χ0n) is 11.1. The first-order chi connectivity index (χ1) is 10.0. The molecule has 6 nitrogen and oxygen atoms in total. The summed E-state index contributed by atoms with van der Waals surface area (Å²) in [6, 6.07) is 7.75. The van der Waals surface area contributed by atoms with E-state index in [1.54, 1.807) is 24.3 Å². The molecular weight excluding hydrogens is 315 g/mol. The lowest BCUT2D eigenvalue weighted by molar-refractivity contribution is -0.384. The fourth-order valence-electron chi connectivity index (χ4n) is 1.69. The zero-order valence-corrected chi connectivity index (χ0v) is 12.6. The van der Waals surface area contributed by atoms with Gasteiger partial charge in [-0.3, -0.25) is 10.1 Å². The van der Waals surface area contributed by atoms with Crippen molar-refractivity contribution in [2.45, 2.75) is 6.92 Å². The lowest BCUT2D eigenvalue weighted by Gasteiger charge is -2.10. The second-order valence-corrected chi connectivity index (χ2v) is 4.94. The minimum Gasteiger partial charge on any atom is -0.370 e. The van der Waals surface area contributed by atoms with E-state index in [9.17, 15) is 10.1 Å². The minimum atomic E-state index is -0.505. The Balaban J connectivity index is 2.40. The predicted molar refractivity (Wildman–Crippen MR) is 84.8 cm³/mol. The lowest BCUT2D eigenvalue weighted by Crippen LogP contribution is -2.04. The van der Waals surface area contributed by atoms with Gasteiger partial charge in [0.25, 0.3) is 0 Å². The highest BCUT2D eigenvalue weighted by atomic mass is 35.5. The van der Waals surface area contributed by atoms with E-state index in [4.69, 9.17) is 23.2 Å². The van der Waals surface area contributed by atoms with Crippen molar-refractivity contribution in [2.75, 3.05) is 17.2 Å². The monoisotopic (exact) mass is 326 g/mol. The van der Waals surface area contributed by atoms with Crippen LogP contribution in [0.4, 0.5) is 23.0 Å². The highest BCUT2D eigenvalue weighted by Gasteiger charge is 2.17. The van der Waals surface area contributed by atoms with Gasteiger partial charge in [-0.15, -0.1) is 0 Å². The Kier molecular flexibility index (Phi) is 4.82. The average molecular weight is 327 g/mol. The predicted octanol–water partition coefficient (Wildman–Crippen LogP) is 4.47. The molecule has 0 aliphatic heterocycles. The van der Waals surface area contributed by atoms with Crippen molar-refractivity contribution >= 4 is 46.2 Å². The SMILES string of the molecule is CCNc1ccc([N+](=O)[O-])c(Nc2ccc(Cl)cc2Cl)n1. The largest absolute Gasteiger partial charge is 0.370 e. The summed E-state index contributed by atoms with van der Waals surface area (Å²) in [7, 11) is 0. The van der Waals surface area contributed by atoms with Gasteiger partial charge in [0, 0.05) is 17.6 Å². The van der Waals surface area contributed by atoms with E-state index in [-0.39, 0.29) is 11.5 Å². The number of halogens is 2. The number of anilines is 3. The molecule has 2 rings (SSSR count).